The lowest BCUT2D eigenvalue weighted by Gasteiger charge is -2.26. The standard InChI is InChI=1S/C30H55P/c1-6-11-16-18-25-31(26-19-17-12-7-2)30-24-23-27(20-13-8-3)28(21-14-9-4)29(30)22-15-10-5/h23-24H,6-22,25-26H2,1-5H3. The quantitative estimate of drug-likeness (QED) is 0.138. The summed E-state index contributed by atoms with van der Waals surface area (Å²) in [5.41, 5.74) is 5.30. The maximum Gasteiger partial charge on any atom is -0.0206 e. The number of aryl methyl sites for hydroxylation is 1. The highest BCUT2D eigenvalue weighted by Crippen LogP contribution is 2.40. The topological polar surface area (TPSA) is 0 Å². The molecule has 0 N–H and O–H groups in total. The second-order valence-corrected chi connectivity index (χ2v) is 12.1. The number of hydrogen-bond donors (Lipinski definition) is 0. The summed E-state index contributed by atoms with van der Waals surface area (Å²) in [6, 6.07) is 5.19. The average Bonchev–Trinajstić information content (AvgIpc) is 2.79. The van der Waals surface area contributed by atoms with Crippen molar-refractivity contribution in [1.29, 1.82) is 0 Å². The van der Waals surface area contributed by atoms with E-state index in [1.54, 1.807) is 11.1 Å². The monoisotopic (exact) mass is 446 g/mol. The van der Waals surface area contributed by atoms with Crippen LogP contribution in [0, 0.1) is 0 Å². The van der Waals surface area contributed by atoms with Crippen molar-refractivity contribution in [3.63, 3.8) is 0 Å². The van der Waals surface area contributed by atoms with Crippen LogP contribution in [-0.2, 0) is 19.3 Å². The third-order valence-electron chi connectivity index (χ3n) is 6.77. The molecule has 0 aliphatic rings. The van der Waals surface area contributed by atoms with Crippen molar-refractivity contribution in [3.05, 3.63) is 28.8 Å². The molecular formula is C30H55P. The van der Waals surface area contributed by atoms with Gasteiger partial charge in [-0.05, 0) is 85.7 Å². The molecule has 180 valence electrons. The number of hydrogen-bond acceptors (Lipinski definition) is 0. The zero-order valence-electron chi connectivity index (χ0n) is 22.0. The zero-order valence-corrected chi connectivity index (χ0v) is 22.9. The minimum atomic E-state index is 0.0172. The lowest BCUT2D eigenvalue weighted by molar-refractivity contribution is 0.696. The molecule has 1 aromatic rings. The summed E-state index contributed by atoms with van der Waals surface area (Å²) in [5.74, 6) is 0. The van der Waals surface area contributed by atoms with E-state index in [4.69, 9.17) is 0 Å². The molecule has 0 aromatic heterocycles. The zero-order chi connectivity index (χ0) is 22.7. The first kappa shape index (κ1) is 28.7. The summed E-state index contributed by atoms with van der Waals surface area (Å²) in [6.07, 6.45) is 26.2. The average molecular weight is 447 g/mol. The van der Waals surface area contributed by atoms with Crippen LogP contribution in [-0.4, -0.2) is 12.3 Å². The van der Waals surface area contributed by atoms with Crippen molar-refractivity contribution in [2.45, 2.75) is 144 Å². The van der Waals surface area contributed by atoms with Gasteiger partial charge in [0, 0.05) is 0 Å². The molecule has 1 aromatic carbocycles. The predicted molar refractivity (Wildman–Crippen MR) is 147 cm³/mol. The van der Waals surface area contributed by atoms with E-state index in [1.807, 2.05) is 10.9 Å². The van der Waals surface area contributed by atoms with Crippen molar-refractivity contribution in [2.75, 3.05) is 12.3 Å². The summed E-state index contributed by atoms with van der Waals surface area (Å²) < 4.78 is 0. The third-order valence-corrected chi connectivity index (χ3v) is 9.58. The second-order valence-electron chi connectivity index (χ2n) is 9.62. The highest BCUT2D eigenvalue weighted by Gasteiger charge is 2.19. The molecule has 0 radical (unpaired) electrons. The first-order valence-electron chi connectivity index (χ1n) is 14.1. The van der Waals surface area contributed by atoms with Crippen molar-refractivity contribution in [2.24, 2.45) is 0 Å². The first-order valence-corrected chi connectivity index (χ1v) is 15.8. The fourth-order valence-corrected chi connectivity index (χ4v) is 7.57. The minimum Gasteiger partial charge on any atom is -0.0750 e. The van der Waals surface area contributed by atoms with E-state index < -0.39 is 0 Å². The predicted octanol–water partition coefficient (Wildman–Crippen LogP) is 9.98. The van der Waals surface area contributed by atoms with Crippen LogP contribution in [0.4, 0.5) is 0 Å². The molecule has 0 aliphatic carbocycles. The molecule has 0 heterocycles. The second kappa shape index (κ2) is 19.1. The number of rotatable bonds is 20. The molecule has 0 saturated carbocycles. The minimum absolute atomic E-state index is 0.0172. The van der Waals surface area contributed by atoms with Crippen LogP contribution >= 0.6 is 7.92 Å². The summed E-state index contributed by atoms with van der Waals surface area (Å²) >= 11 is 0. The van der Waals surface area contributed by atoms with E-state index in [9.17, 15) is 0 Å². The number of benzene rings is 1. The van der Waals surface area contributed by atoms with Crippen LogP contribution in [0.3, 0.4) is 0 Å². The molecule has 31 heavy (non-hydrogen) atoms. The van der Waals surface area contributed by atoms with Gasteiger partial charge in [0.05, 0.1) is 0 Å². The van der Waals surface area contributed by atoms with Gasteiger partial charge in [0.2, 0.25) is 0 Å². The van der Waals surface area contributed by atoms with Crippen LogP contribution in [0.5, 0.6) is 0 Å². The van der Waals surface area contributed by atoms with Crippen LogP contribution in [0.25, 0.3) is 0 Å². The molecule has 0 spiro atoms. The maximum absolute atomic E-state index is 2.62. The largest absolute Gasteiger partial charge is 0.0750 e. The Morgan fingerprint density at radius 1 is 0.484 bits per heavy atom. The normalized spacial score (nSPS) is 11.5. The summed E-state index contributed by atoms with van der Waals surface area (Å²) in [5, 5.41) is 1.82. The summed E-state index contributed by atoms with van der Waals surface area (Å²) in [7, 11) is 0.0172. The first-order chi connectivity index (χ1) is 15.2. The van der Waals surface area contributed by atoms with Crippen molar-refractivity contribution < 1.29 is 0 Å². The van der Waals surface area contributed by atoms with Crippen molar-refractivity contribution in [1.82, 2.24) is 0 Å². The van der Waals surface area contributed by atoms with Gasteiger partial charge in [-0.15, -0.1) is 0 Å². The van der Waals surface area contributed by atoms with E-state index in [2.05, 4.69) is 46.8 Å². The van der Waals surface area contributed by atoms with E-state index in [-0.39, 0.29) is 7.92 Å². The Kier molecular flexibility index (Phi) is 17.7. The van der Waals surface area contributed by atoms with E-state index in [1.165, 1.54) is 121 Å². The van der Waals surface area contributed by atoms with Crippen LogP contribution < -0.4 is 5.30 Å². The Labute approximate surface area is 198 Å². The molecule has 0 fully saturated rings. The van der Waals surface area contributed by atoms with Crippen LogP contribution in [0.1, 0.15) is 141 Å². The smallest absolute Gasteiger partial charge is 0.0206 e. The van der Waals surface area contributed by atoms with Crippen molar-refractivity contribution in [3.8, 4) is 0 Å². The molecule has 0 aliphatic heterocycles. The van der Waals surface area contributed by atoms with Gasteiger partial charge in [-0.3, -0.25) is 0 Å². The third kappa shape index (κ3) is 11.4. The van der Waals surface area contributed by atoms with Crippen LogP contribution in [0.15, 0.2) is 12.1 Å². The lowest BCUT2D eigenvalue weighted by Crippen LogP contribution is -2.18. The maximum atomic E-state index is 2.62. The van der Waals surface area contributed by atoms with E-state index in [0.717, 1.165) is 0 Å². The van der Waals surface area contributed by atoms with Crippen molar-refractivity contribution >= 4 is 13.2 Å². The summed E-state index contributed by atoms with van der Waals surface area (Å²) in [4.78, 5) is 0. The Morgan fingerprint density at radius 2 is 0.968 bits per heavy atom. The lowest BCUT2D eigenvalue weighted by atomic mass is 9.91. The van der Waals surface area contributed by atoms with Gasteiger partial charge in [0.25, 0.3) is 0 Å². The molecule has 1 rings (SSSR count). The van der Waals surface area contributed by atoms with Gasteiger partial charge in [-0.2, -0.15) is 0 Å². The molecular weight excluding hydrogens is 391 g/mol. The highest BCUT2D eigenvalue weighted by atomic mass is 31.1. The Morgan fingerprint density at radius 3 is 1.48 bits per heavy atom. The van der Waals surface area contributed by atoms with Gasteiger partial charge < -0.3 is 0 Å². The molecule has 0 nitrogen and oxygen atoms in total. The molecule has 0 saturated heterocycles. The highest BCUT2D eigenvalue weighted by molar-refractivity contribution is 7.65. The van der Waals surface area contributed by atoms with Gasteiger partial charge >= 0.3 is 0 Å². The molecule has 0 amide bonds. The fraction of sp³-hybridized carbons (Fsp3) is 0.800. The van der Waals surface area contributed by atoms with E-state index >= 15 is 0 Å². The Hall–Kier alpha value is -0.350. The van der Waals surface area contributed by atoms with Gasteiger partial charge in [-0.1, -0.05) is 112 Å². The Balaban J connectivity index is 3.22. The molecule has 0 unspecified atom stereocenters. The van der Waals surface area contributed by atoms with Gasteiger partial charge in [-0.25, -0.2) is 0 Å². The molecule has 0 atom stereocenters. The van der Waals surface area contributed by atoms with Gasteiger partial charge in [0.1, 0.15) is 0 Å². The Bertz CT molecular complexity index is 536. The van der Waals surface area contributed by atoms with E-state index in [0.29, 0.717) is 0 Å². The molecule has 1 heteroatoms. The number of unbranched alkanes of at least 4 members (excludes halogenated alkanes) is 9. The van der Waals surface area contributed by atoms with Crippen LogP contribution in [0.2, 0.25) is 0 Å². The molecule has 0 bridgehead atoms. The fourth-order valence-electron chi connectivity index (χ4n) is 4.74. The summed E-state index contributed by atoms with van der Waals surface area (Å²) in [6.45, 7) is 11.7. The van der Waals surface area contributed by atoms with Gasteiger partial charge in [0.15, 0.2) is 0 Å². The SMILES string of the molecule is CCCCCCP(CCCCCC)c1ccc(CCCC)c(CCCC)c1CCCC.